The maximum Gasteiger partial charge on any atom is 0.191 e. The van der Waals surface area contributed by atoms with Gasteiger partial charge in [-0.3, -0.25) is 0 Å². The Morgan fingerprint density at radius 2 is 1.96 bits per heavy atom. The van der Waals surface area contributed by atoms with Crippen LogP contribution in [0, 0.1) is 6.92 Å². The highest BCUT2D eigenvalue weighted by Crippen LogP contribution is 2.08. The summed E-state index contributed by atoms with van der Waals surface area (Å²) in [6.45, 7) is 6.73. The van der Waals surface area contributed by atoms with Crippen molar-refractivity contribution in [2.45, 2.75) is 26.8 Å². The number of hydrogen-bond acceptors (Lipinski definition) is 4. The van der Waals surface area contributed by atoms with Gasteiger partial charge >= 0.3 is 0 Å². The molecule has 138 valence electrons. The second kappa shape index (κ2) is 11.7. The molecule has 25 heavy (non-hydrogen) atoms. The highest BCUT2D eigenvalue weighted by Gasteiger charge is 2.04. The number of aromatic nitrogens is 3. The maximum atomic E-state index is 5.67. The van der Waals surface area contributed by atoms with Crippen molar-refractivity contribution in [2.75, 3.05) is 19.7 Å². The van der Waals surface area contributed by atoms with Crippen molar-refractivity contribution in [1.29, 1.82) is 0 Å². The molecule has 2 rings (SSSR count). The lowest BCUT2D eigenvalue weighted by atomic mass is 10.3. The van der Waals surface area contributed by atoms with Gasteiger partial charge in [-0.25, -0.2) is 4.99 Å². The molecule has 0 atom stereocenters. The van der Waals surface area contributed by atoms with Crippen molar-refractivity contribution in [2.24, 2.45) is 12.0 Å². The number of halogens is 1. The third-order valence-corrected chi connectivity index (χ3v) is 3.53. The van der Waals surface area contributed by atoms with E-state index in [2.05, 4.69) is 25.8 Å². The van der Waals surface area contributed by atoms with E-state index in [0.717, 1.165) is 42.9 Å². The van der Waals surface area contributed by atoms with Crippen molar-refractivity contribution >= 4 is 29.9 Å². The topological polar surface area (TPSA) is 76.4 Å². The zero-order chi connectivity index (χ0) is 17.2. The normalized spacial score (nSPS) is 10.9. The van der Waals surface area contributed by atoms with Crippen molar-refractivity contribution in [1.82, 2.24) is 25.4 Å². The number of ether oxygens (including phenoxy) is 1. The summed E-state index contributed by atoms with van der Waals surface area (Å²) >= 11 is 0. The van der Waals surface area contributed by atoms with Gasteiger partial charge in [0.25, 0.3) is 0 Å². The molecular formula is C17H27IN6O. The molecule has 0 fully saturated rings. The molecule has 0 amide bonds. The number of rotatable bonds is 8. The first kappa shape index (κ1) is 21.2. The smallest absolute Gasteiger partial charge is 0.191 e. The minimum atomic E-state index is 0. The van der Waals surface area contributed by atoms with Crippen LogP contribution < -0.4 is 15.4 Å². The fraction of sp³-hybridized carbons (Fsp3) is 0.471. The Morgan fingerprint density at radius 3 is 2.60 bits per heavy atom. The summed E-state index contributed by atoms with van der Waals surface area (Å²) in [6.07, 6.45) is 0.891. The number of para-hydroxylation sites is 1. The molecule has 0 bridgehead atoms. The predicted molar refractivity (Wildman–Crippen MR) is 111 cm³/mol. The van der Waals surface area contributed by atoms with Crippen LogP contribution >= 0.6 is 24.0 Å². The number of hydrogen-bond donors (Lipinski definition) is 2. The molecule has 0 unspecified atom stereocenters. The average Bonchev–Trinajstić information content (AvgIpc) is 2.92. The molecular weight excluding hydrogens is 431 g/mol. The van der Waals surface area contributed by atoms with Gasteiger partial charge in [0.2, 0.25) is 0 Å². The van der Waals surface area contributed by atoms with E-state index in [1.807, 2.05) is 55.8 Å². The summed E-state index contributed by atoms with van der Waals surface area (Å²) in [5.41, 5.74) is 0. The number of aryl methyl sites for hydroxylation is 1. The van der Waals surface area contributed by atoms with Gasteiger partial charge in [-0.1, -0.05) is 18.2 Å². The fourth-order valence-corrected chi connectivity index (χ4v) is 2.07. The molecule has 8 heteroatoms. The van der Waals surface area contributed by atoms with Crippen LogP contribution in [-0.2, 0) is 13.6 Å². The van der Waals surface area contributed by atoms with E-state index in [9.17, 15) is 0 Å². The zero-order valence-corrected chi connectivity index (χ0v) is 17.4. The van der Waals surface area contributed by atoms with Gasteiger partial charge < -0.3 is 19.9 Å². The molecule has 7 nitrogen and oxygen atoms in total. The first-order chi connectivity index (χ1) is 11.7. The maximum absolute atomic E-state index is 5.67. The quantitative estimate of drug-likeness (QED) is 0.275. The van der Waals surface area contributed by atoms with Crippen molar-refractivity contribution < 1.29 is 4.74 Å². The first-order valence-electron chi connectivity index (χ1n) is 8.25. The SMILES string of the molecule is CCNC(=NCc1nnc(C)n1C)NCCCOc1ccccc1.I. The van der Waals surface area contributed by atoms with Gasteiger partial charge in [-0.2, -0.15) is 0 Å². The second-order valence-corrected chi connectivity index (χ2v) is 5.36. The van der Waals surface area contributed by atoms with Crippen LogP contribution in [0.5, 0.6) is 5.75 Å². The van der Waals surface area contributed by atoms with E-state index in [0.29, 0.717) is 13.2 Å². The molecule has 1 heterocycles. The van der Waals surface area contributed by atoms with E-state index in [4.69, 9.17) is 4.74 Å². The Balaban J connectivity index is 0.00000312. The van der Waals surface area contributed by atoms with Gasteiger partial charge in [0.05, 0.1) is 6.61 Å². The van der Waals surface area contributed by atoms with E-state index in [1.54, 1.807) is 0 Å². The Hall–Kier alpha value is -1.84. The van der Waals surface area contributed by atoms with Crippen LogP contribution in [0.3, 0.4) is 0 Å². The molecule has 0 aliphatic heterocycles. The predicted octanol–water partition coefficient (Wildman–Crippen LogP) is 2.27. The summed E-state index contributed by atoms with van der Waals surface area (Å²) in [6, 6.07) is 9.84. The molecule has 2 aromatic rings. The number of benzene rings is 1. The molecule has 0 spiro atoms. The van der Waals surface area contributed by atoms with Crippen LogP contribution in [-0.4, -0.2) is 40.4 Å². The van der Waals surface area contributed by atoms with E-state index < -0.39 is 0 Å². The van der Waals surface area contributed by atoms with Gasteiger partial charge in [-0.05, 0) is 32.4 Å². The van der Waals surface area contributed by atoms with E-state index in [1.165, 1.54) is 0 Å². The Morgan fingerprint density at radius 1 is 1.20 bits per heavy atom. The van der Waals surface area contributed by atoms with Gasteiger partial charge in [0.15, 0.2) is 11.8 Å². The summed E-state index contributed by atoms with van der Waals surface area (Å²) < 4.78 is 7.62. The highest BCUT2D eigenvalue weighted by molar-refractivity contribution is 14.0. The van der Waals surface area contributed by atoms with Crippen LogP contribution in [0.2, 0.25) is 0 Å². The first-order valence-corrected chi connectivity index (χ1v) is 8.25. The van der Waals surface area contributed by atoms with Gasteiger partial charge in [0.1, 0.15) is 18.1 Å². The second-order valence-electron chi connectivity index (χ2n) is 5.36. The molecule has 0 saturated carbocycles. The Bertz CT molecular complexity index is 644. The summed E-state index contributed by atoms with van der Waals surface area (Å²) in [4.78, 5) is 4.54. The number of guanidine groups is 1. The Kier molecular flexibility index (Phi) is 9.90. The lowest BCUT2D eigenvalue weighted by Gasteiger charge is -2.11. The summed E-state index contributed by atoms with van der Waals surface area (Å²) in [5.74, 6) is 3.40. The van der Waals surface area contributed by atoms with Crippen molar-refractivity contribution in [3.8, 4) is 5.75 Å². The highest BCUT2D eigenvalue weighted by atomic mass is 127. The molecule has 0 aliphatic carbocycles. The molecule has 1 aromatic heterocycles. The molecule has 1 aromatic carbocycles. The summed E-state index contributed by atoms with van der Waals surface area (Å²) in [5, 5.41) is 14.7. The average molecular weight is 458 g/mol. The minimum Gasteiger partial charge on any atom is -0.494 e. The Labute approximate surface area is 166 Å². The van der Waals surface area contributed by atoms with E-state index >= 15 is 0 Å². The van der Waals surface area contributed by atoms with Crippen molar-refractivity contribution in [3.05, 3.63) is 42.0 Å². The molecule has 0 aliphatic rings. The van der Waals surface area contributed by atoms with Crippen molar-refractivity contribution in [3.63, 3.8) is 0 Å². The number of nitrogens with zero attached hydrogens (tertiary/aromatic N) is 4. The van der Waals surface area contributed by atoms with Crippen LogP contribution in [0.25, 0.3) is 0 Å². The molecule has 2 N–H and O–H groups in total. The lowest BCUT2D eigenvalue weighted by Crippen LogP contribution is -2.38. The van der Waals surface area contributed by atoms with Gasteiger partial charge in [-0.15, -0.1) is 34.2 Å². The third-order valence-electron chi connectivity index (χ3n) is 3.53. The number of aliphatic imine (C=N–C) groups is 1. The van der Waals surface area contributed by atoms with E-state index in [-0.39, 0.29) is 24.0 Å². The minimum absolute atomic E-state index is 0. The monoisotopic (exact) mass is 458 g/mol. The molecule has 0 saturated heterocycles. The molecule has 0 radical (unpaired) electrons. The zero-order valence-electron chi connectivity index (χ0n) is 15.0. The standard InChI is InChI=1S/C17H26N6O.HI/c1-4-18-17(20-13-16-22-21-14(2)23(16)3)19-11-8-12-24-15-9-6-5-7-10-15;/h5-7,9-10H,4,8,11-13H2,1-3H3,(H2,18,19,20);1H. The third kappa shape index (κ3) is 7.29. The van der Waals surface area contributed by atoms with Gasteiger partial charge in [0, 0.05) is 20.1 Å². The van der Waals surface area contributed by atoms with Crippen LogP contribution in [0.1, 0.15) is 25.0 Å². The van der Waals surface area contributed by atoms with Crippen LogP contribution in [0.15, 0.2) is 35.3 Å². The fourth-order valence-electron chi connectivity index (χ4n) is 2.07. The van der Waals surface area contributed by atoms with Crippen LogP contribution in [0.4, 0.5) is 0 Å². The largest absolute Gasteiger partial charge is 0.494 e. The lowest BCUT2D eigenvalue weighted by molar-refractivity contribution is 0.311. The number of nitrogens with one attached hydrogen (secondary N) is 2. The summed E-state index contributed by atoms with van der Waals surface area (Å²) in [7, 11) is 1.95.